The topological polar surface area (TPSA) is 580 Å². The largest absolute Gasteiger partial charge is 0.544 e. The quantitative estimate of drug-likeness (QED) is 0.0200. The van der Waals surface area contributed by atoms with Gasteiger partial charge >= 0.3 is 0 Å². The average molecular weight is 1440 g/mol. The van der Waals surface area contributed by atoms with E-state index < -0.39 is 241 Å². The van der Waals surface area contributed by atoms with Crippen molar-refractivity contribution in [3.8, 4) is 0 Å². The third kappa shape index (κ3) is 25.0. The molecule has 5 aliphatic rings. The van der Waals surface area contributed by atoms with E-state index in [0.29, 0.717) is 12.8 Å². The van der Waals surface area contributed by atoms with Crippen LogP contribution >= 0.6 is 0 Å². The predicted octanol–water partition coefficient (Wildman–Crippen LogP) is -5.74. The number of hydrogen-bond acceptors (Lipinski definition) is 31. The van der Waals surface area contributed by atoms with Crippen LogP contribution in [0.15, 0.2) is 24.3 Å². The molecule has 5 fully saturated rings. The molecule has 28 atom stereocenters. The summed E-state index contributed by atoms with van der Waals surface area (Å²) in [6.07, 6.45) is -27.0. The minimum Gasteiger partial charge on any atom is -0.544 e. The van der Waals surface area contributed by atoms with E-state index in [0.717, 1.165) is 46.0 Å². The van der Waals surface area contributed by atoms with Crippen molar-refractivity contribution in [3.05, 3.63) is 24.3 Å². The summed E-state index contributed by atoms with van der Waals surface area (Å²) < 4.78 is 59.4. The Labute approximate surface area is 575 Å². The highest BCUT2D eigenvalue weighted by atomic mass is 16.8. The van der Waals surface area contributed by atoms with E-state index in [9.17, 15) is 106 Å². The van der Waals surface area contributed by atoms with Crippen molar-refractivity contribution in [2.75, 3.05) is 39.6 Å². The average Bonchev–Trinajstić information content (AvgIpc) is 0.763. The summed E-state index contributed by atoms with van der Waals surface area (Å²) in [7, 11) is 0. The van der Waals surface area contributed by atoms with Crippen molar-refractivity contribution < 1.29 is 153 Å². The second-order valence-corrected chi connectivity index (χ2v) is 25.7. The Morgan fingerprint density at radius 3 is 1.59 bits per heavy atom. The van der Waals surface area contributed by atoms with Crippen molar-refractivity contribution in [2.24, 2.45) is 0 Å². The zero-order valence-corrected chi connectivity index (χ0v) is 57.1. The van der Waals surface area contributed by atoms with Crippen molar-refractivity contribution in [1.82, 2.24) is 22.1 Å². The SMILES string of the molecule is CC/C=C/C=C/[C@@H](O)[C@H](CO[C@@H]1O[C@H](CO)[C@@H](O[C@@H]2O[C@H](CO)[C@H](O[C@@H]3O[C@H](CO)[C@H](O)[C@H](O[C@@H]4O[C@H](CO)[C@H](O)[C@H](O)[C@H]4O)[C@H]3NC(C)=O)[C@H](O[C@]3(C(=O)[O-])C[C@H](O)C(NC(C)=O)C([C@H](O)[C@H](O)CO)O3)[C@H]2O)[C@H](O)[C@H]1O)NC(=O)CCCCCCCCCCCCCCCCC.[NH4+]. The van der Waals surface area contributed by atoms with Crippen LogP contribution in [-0.4, -0.2) is 316 Å². The molecule has 5 aliphatic heterocycles. The van der Waals surface area contributed by atoms with E-state index in [1.165, 1.54) is 63.9 Å². The lowest BCUT2D eigenvalue weighted by Gasteiger charge is -2.54. The molecule has 35 nitrogen and oxygen atoms in total. The summed E-state index contributed by atoms with van der Waals surface area (Å²) in [5.41, 5.74) is 0. The van der Waals surface area contributed by atoms with E-state index in [-0.39, 0.29) is 12.6 Å². The van der Waals surface area contributed by atoms with Gasteiger partial charge in [0.2, 0.25) is 23.5 Å². The first-order valence-electron chi connectivity index (χ1n) is 34.2. The first-order valence-corrected chi connectivity index (χ1v) is 34.2. The van der Waals surface area contributed by atoms with Gasteiger partial charge in [0, 0.05) is 26.7 Å². The number of aliphatic hydroxyl groups excluding tert-OH is 16. The molecule has 23 N–H and O–H groups in total. The minimum absolute atomic E-state index is 0. The number of carboxylic acid groups (broad SMARTS) is 1. The molecule has 35 heteroatoms. The number of unbranched alkanes of at least 4 members (excludes halogenated alkanes) is 14. The number of amides is 3. The Morgan fingerprint density at radius 2 is 1.04 bits per heavy atom. The maximum absolute atomic E-state index is 13.6. The van der Waals surface area contributed by atoms with Crippen molar-refractivity contribution in [3.63, 3.8) is 0 Å². The van der Waals surface area contributed by atoms with Gasteiger partial charge in [-0.3, -0.25) is 14.4 Å². The lowest BCUT2D eigenvalue weighted by molar-refractivity contribution is -0.421. The van der Waals surface area contributed by atoms with Crippen molar-refractivity contribution in [1.29, 1.82) is 0 Å². The Bertz CT molecular complexity index is 2390. The number of carbonyl (C=O) groups is 4. The molecule has 576 valence electrons. The van der Waals surface area contributed by atoms with Gasteiger partial charge in [-0.15, -0.1) is 0 Å². The summed E-state index contributed by atoms with van der Waals surface area (Å²) in [6.45, 7) is -0.126. The van der Waals surface area contributed by atoms with E-state index >= 15 is 0 Å². The van der Waals surface area contributed by atoms with Crippen molar-refractivity contribution in [2.45, 2.75) is 314 Å². The fourth-order valence-corrected chi connectivity index (χ4v) is 12.5. The van der Waals surface area contributed by atoms with Gasteiger partial charge in [0.1, 0.15) is 122 Å². The molecular weight excluding hydrogens is 1320 g/mol. The summed E-state index contributed by atoms with van der Waals surface area (Å²) >= 11 is 0. The van der Waals surface area contributed by atoms with Gasteiger partial charge in [0.15, 0.2) is 25.2 Å². The van der Waals surface area contributed by atoms with Gasteiger partial charge in [-0.1, -0.05) is 128 Å². The van der Waals surface area contributed by atoms with E-state index in [2.05, 4.69) is 22.9 Å². The molecule has 0 aromatic heterocycles. The first kappa shape index (κ1) is 87.7. The summed E-state index contributed by atoms with van der Waals surface area (Å²) in [5, 5.41) is 198. The fraction of sp³-hybridized carbons (Fsp3) is 0.875. The number of hydrogen-bond donors (Lipinski definition) is 20. The number of allylic oxidation sites excluding steroid dienone is 3. The normalized spacial score (nSPS) is 36.4. The molecule has 0 aromatic carbocycles. The van der Waals surface area contributed by atoms with Gasteiger partial charge in [-0.05, 0) is 12.8 Å². The molecular formula is C64H114N4O31. The summed E-state index contributed by atoms with van der Waals surface area (Å²) in [5.74, 6) is -8.14. The Morgan fingerprint density at radius 1 is 0.556 bits per heavy atom. The standard InChI is InChI=1S/C64H111N3O31.H3N/c1-5-7-9-11-12-13-14-15-16-17-18-19-20-21-23-25-43(78)67-35(36(75)24-22-10-8-6-2)32-89-60-52(85)50(83)54(41(30-71)92-60)94-62-53(86)58(98-64(63(87)88)26-37(76)44(65-33(3)73)57(97-64)46(79)38(77)27-68)55(42(31-72)93-62)95-59-45(66-34(4)74)56(48(81)40(29-70)90-59)96-61-51(84)49(82)47(80)39(28-69)91-61;/h8,10,22,24,35-42,44-62,68-72,75-77,79-86H,5-7,9,11-21,23,25-32H2,1-4H3,(H,65,73)(H,66,74)(H,67,78)(H,87,88);1H3/b10-8+,24-22+;/t35-,36+,37-,38+,39+,40+,41+,42+,44?,45+,46+,47-,48-,49-,50+,51+,52+,53+,54+,55-,56+,57?,58+,59-,60+,61-,62-,64-;/m0./s1. The van der Waals surface area contributed by atoms with Crippen LogP contribution in [0, 0.1) is 0 Å². The second-order valence-electron chi connectivity index (χ2n) is 25.7. The zero-order chi connectivity index (χ0) is 72.4. The monoisotopic (exact) mass is 1430 g/mol. The number of ether oxygens (including phenoxy) is 10. The van der Waals surface area contributed by atoms with Gasteiger partial charge in [-0.25, -0.2) is 0 Å². The van der Waals surface area contributed by atoms with Crippen LogP contribution in [0.4, 0.5) is 0 Å². The fourth-order valence-electron chi connectivity index (χ4n) is 12.5. The van der Waals surface area contributed by atoms with E-state index in [4.69, 9.17) is 47.4 Å². The molecule has 0 aliphatic carbocycles. The Hall–Kier alpha value is -3.72. The molecule has 5 rings (SSSR count). The van der Waals surface area contributed by atoms with Crippen LogP contribution < -0.4 is 27.2 Å². The molecule has 0 saturated carbocycles. The third-order valence-corrected chi connectivity index (χ3v) is 18.1. The molecule has 0 bridgehead atoms. The van der Waals surface area contributed by atoms with E-state index in [1.807, 2.05) is 13.0 Å². The number of carbonyl (C=O) groups excluding carboxylic acids is 4. The van der Waals surface area contributed by atoms with Crippen LogP contribution in [0.2, 0.25) is 0 Å². The highest BCUT2D eigenvalue weighted by Crippen LogP contribution is 2.41. The molecule has 0 aromatic rings. The molecule has 99 heavy (non-hydrogen) atoms. The number of nitrogens with one attached hydrogen (secondary N) is 3. The molecule has 0 spiro atoms. The summed E-state index contributed by atoms with van der Waals surface area (Å²) in [4.78, 5) is 52.4. The lowest BCUT2D eigenvalue weighted by Crippen LogP contribution is -2.73. The van der Waals surface area contributed by atoms with Gasteiger partial charge in [0.25, 0.3) is 0 Å². The van der Waals surface area contributed by atoms with Gasteiger partial charge < -0.3 is 161 Å². The third-order valence-electron chi connectivity index (χ3n) is 18.1. The Kier molecular flexibility index (Phi) is 39.1. The molecule has 0 radical (unpaired) electrons. The minimum atomic E-state index is -3.49. The molecule has 5 heterocycles. The number of rotatable bonds is 42. The van der Waals surface area contributed by atoms with Crippen LogP contribution in [0.25, 0.3) is 0 Å². The highest BCUT2D eigenvalue weighted by molar-refractivity contribution is 5.76. The van der Waals surface area contributed by atoms with Crippen LogP contribution in [0.1, 0.15) is 143 Å². The first-order chi connectivity index (χ1) is 46.8. The molecule has 5 saturated heterocycles. The maximum atomic E-state index is 13.6. The molecule has 3 amide bonds. The summed E-state index contributed by atoms with van der Waals surface area (Å²) in [6, 6.07) is -4.88. The predicted molar refractivity (Wildman–Crippen MR) is 340 cm³/mol. The number of aliphatic hydroxyl groups is 16. The number of quaternary nitrogens is 1. The smallest absolute Gasteiger partial charge is 0.220 e. The highest BCUT2D eigenvalue weighted by Gasteiger charge is 2.60. The number of carboxylic acids is 1. The Balaban J connectivity index is 0.0000208. The van der Waals surface area contributed by atoms with Crippen molar-refractivity contribution >= 4 is 23.7 Å². The zero-order valence-electron chi connectivity index (χ0n) is 57.1. The lowest BCUT2D eigenvalue weighted by atomic mass is 9.88. The van der Waals surface area contributed by atoms with Gasteiger partial charge in [-0.2, -0.15) is 0 Å². The van der Waals surface area contributed by atoms with Crippen LogP contribution in [0.3, 0.4) is 0 Å². The molecule has 2 unspecified atom stereocenters. The maximum Gasteiger partial charge on any atom is 0.220 e. The van der Waals surface area contributed by atoms with Crippen LogP contribution in [-0.2, 0) is 66.5 Å². The van der Waals surface area contributed by atoms with E-state index in [1.54, 1.807) is 12.2 Å². The number of aliphatic carboxylic acids is 1. The second kappa shape index (κ2) is 44.2. The van der Waals surface area contributed by atoms with Crippen LogP contribution in [0.5, 0.6) is 0 Å². The van der Waals surface area contributed by atoms with Gasteiger partial charge in [0.05, 0.1) is 63.9 Å².